The Balaban J connectivity index is 2.39. The average molecular weight is 229 g/mol. The molecule has 1 unspecified atom stereocenters. The topological polar surface area (TPSA) is 12.0 Å². The van der Waals surface area contributed by atoms with Crippen LogP contribution < -0.4 is 5.32 Å². The normalized spacial score (nSPS) is 20.1. The second-order valence-corrected chi connectivity index (χ2v) is 4.20. The number of benzene rings is 1. The van der Waals surface area contributed by atoms with Crippen LogP contribution in [0.4, 0.5) is 18.9 Å². The van der Waals surface area contributed by atoms with Crippen molar-refractivity contribution in [1.29, 1.82) is 0 Å². The van der Waals surface area contributed by atoms with Gasteiger partial charge in [0.2, 0.25) is 0 Å². The van der Waals surface area contributed by atoms with Crippen LogP contribution in [0.1, 0.15) is 24.5 Å². The van der Waals surface area contributed by atoms with E-state index in [4.69, 9.17) is 0 Å². The van der Waals surface area contributed by atoms with E-state index in [0.29, 0.717) is 12.5 Å². The van der Waals surface area contributed by atoms with Crippen molar-refractivity contribution in [2.24, 2.45) is 5.92 Å². The molecule has 1 aromatic rings. The lowest BCUT2D eigenvalue weighted by atomic mass is 9.90. The number of hydrogen-bond acceptors (Lipinski definition) is 1. The Bertz CT molecular complexity index is 384. The molecule has 0 radical (unpaired) electrons. The molecule has 0 amide bonds. The summed E-state index contributed by atoms with van der Waals surface area (Å²) in [6, 6.07) is 4.40. The summed E-state index contributed by atoms with van der Waals surface area (Å²) in [4.78, 5) is 0. The molecule has 4 heteroatoms. The predicted molar refractivity (Wildman–Crippen MR) is 57.4 cm³/mol. The summed E-state index contributed by atoms with van der Waals surface area (Å²) in [5.74, 6) is 0.441. The van der Waals surface area contributed by atoms with E-state index in [2.05, 4.69) is 12.2 Å². The molecule has 0 bridgehead atoms. The van der Waals surface area contributed by atoms with E-state index in [1.165, 1.54) is 6.07 Å². The number of rotatable bonds is 1. The molecule has 0 spiro atoms. The molecular weight excluding hydrogens is 215 g/mol. The minimum Gasteiger partial charge on any atom is -0.384 e. The van der Waals surface area contributed by atoms with E-state index < -0.39 is 11.7 Å². The Morgan fingerprint density at radius 3 is 2.75 bits per heavy atom. The first-order valence-electron chi connectivity index (χ1n) is 5.45. The first-order chi connectivity index (χ1) is 7.52. The van der Waals surface area contributed by atoms with Gasteiger partial charge in [-0.05, 0) is 24.0 Å². The summed E-state index contributed by atoms with van der Waals surface area (Å²) >= 11 is 0. The molecule has 1 heterocycles. The zero-order valence-corrected chi connectivity index (χ0v) is 9.06. The van der Waals surface area contributed by atoms with Gasteiger partial charge in [-0.2, -0.15) is 13.2 Å². The lowest BCUT2D eigenvalue weighted by Crippen LogP contribution is -2.25. The Hall–Kier alpha value is -1.19. The van der Waals surface area contributed by atoms with Crippen LogP contribution in [0, 0.1) is 5.92 Å². The van der Waals surface area contributed by atoms with Crippen molar-refractivity contribution in [3.63, 3.8) is 0 Å². The van der Waals surface area contributed by atoms with Gasteiger partial charge in [-0.3, -0.25) is 0 Å². The van der Waals surface area contributed by atoms with Crippen molar-refractivity contribution in [1.82, 2.24) is 0 Å². The fourth-order valence-electron chi connectivity index (χ4n) is 2.13. The van der Waals surface area contributed by atoms with E-state index in [1.54, 1.807) is 6.07 Å². The van der Waals surface area contributed by atoms with E-state index >= 15 is 0 Å². The third-order valence-electron chi connectivity index (χ3n) is 3.11. The molecule has 16 heavy (non-hydrogen) atoms. The van der Waals surface area contributed by atoms with Gasteiger partial charge < -0.3 is 5.32 Å². The molecule has 0 saturated heterocycles. The highest BCUT2D eigenvalue weighted by Crippen LogP contribution is 2.39. The van der Waals surface area contributed by atoms with E-state index in [9.17, 15) is 13.2 Å². The zero-order chi connectivity index (χ0) is 11.8. The largest absolute Gasteiger partial charge is 0.418 e. The fourth-order valence-corrected chi connectivity index (χ4v) is 2.13. The van der Waals surface area contributed by atoms with Gasteiger partial charge in [0, 0.05) is 12.2 Å². The van der Waals surface area contributed by atoms with Gasteiger partial charge in [0.05, 0.1) is 5.56 Å². The first-order valence-corrected chi connectivity index (χ1v) is 5.45. The van der Waals surface area contributed by atoms with E-state index in [-0.39, 0.29) is 5.69 Å². The number of nitrogens with one attached hydrogen (secondary N) is 1. The number of anilines is 1. The van der Waals surface area contributed by atoms with Crippen LogP contribution in [-0.4, -0.2) is 6.54 Å². The molecule has 1 N–H and O–H groups in total. The van der Waals surface area contributed by atoms with Gasteiger partial charge >= 0.3 is 6.18 Å². The van der Waals surface area contributed by atoms with Crippen LogP contribution in [0.5, 0.6) is 0 Å². The highest BCUT2D eigenvalue weighted by molar-refractivity contribution is 5.60. The van der Waals surface area contributed by atoms with Crippen molar-refractivity contribution in [2.45, 2.75) is 25.9 Å². The van der Waals surface area contributed by atoms with Gasteiger partial charge in [-0.1, -0.05) is 25.5 Å². The van der Waals surface area contributed by atoms with Gasteiger partial charge in [0.25, 0.3) is 0 Å². The van der Waals surface area contributed by atoms with E-state index in [0.717, 1.165) is 24.5 Å². The number of para-hydroxylation sites is 1. The maximum Gasteiger partial charge on any atom is 0.418 e. The molecule has 1 aliphatic rings. The lowest BCUT2D eigenvalue weighted by molar-refractivity contribution is -0.137. The first kappa shape index (κ1) is 11.3. The summed E-state index contributed by atoms with van der Waals surface area (Å²) in [6.45, 7) is 2.70. The molecule has 88 valence electrons. The van der Waals surface area contributed by atoms with Crippen molar-refractivity contribution >= 4 is 5.69 Å². The van der Waals surface area contributed by atoms with Gasteiger partial charge in [0.1, 0.15) is 0 Å². The minimum absolute atomic E-state index is 0.278. The molecule has 0 aromatic heterocycles. The second kappa shape index (κ2) is 4.00. The molecule has 0 aliphatic carbocycles. The van der Waals surface area contributed by atoms with Crippen molar-refractivity contribution < 1.29 is 13.2 Å². The second-order valence-electron chi connectivity index (χ2n) is 4.20. The number of hydrogen-bond donors (Lipinski definition) is 1. The summed E-state index contributed by atoms with van der Waals surface area (Å²) in [5.41, 5.74) is 0.521. The standard InChI is InChI=1S/C12H14F3N/c1-2-8-6-9-4-3-5-10(12(13,14)15)11(9)16-7-8/h3-5,8,16H,2,6-7H2,1H3. The molecule has 0 fully saturated rings. The minimum atomic E-state index is -4.27. The monoisotopic (exact) mass is 229 g/mol. The number of fused-ring (bicyclic) bond motifs is 1. The van der Waals surface area contributed by atoms with Crippen LogP contribution in [0.3, 0.4) is 0 Å². The Morgan fingerprint density at radius 1 is 1.38 bits per heavy atom. The summed E-state index contributed by atoms with van der Waals surface area (Å²) in [6.07, 6.45) is -2.54. The molecule has 1 aliphatic heterocycles. The average Bonchev–Trinajstić information content (AvgIpc) is 2.26. The smallest absolute Gasteiger partial charge is 0.384 e. The quantitative estimate of drug-likeness (QED) is 0.774. The zero-order valence-electron chi connectivity index (χ0n) is 9.06. The molecule has 0 saturated carbocycles. The van der Waals surface area contributed by atoms with Crippen LogP contribution >= 0.6 is 0 Å². The van der Waals surface area contributed by atoms with Crippen LogP contribution in [0.25, 0.3) is 0 Å². The van der Waals surface area contributed by atoms with Crippen molar-refractivity contribution in [3.8, 4) is 0 Å². The maximum absolute atomic E-state index is 12.7. The van der Waals surface area contributed by atoms with E-state index in [1.807, 2.05) is 0 Å². The summed E-state index contributed by atoms with van der Waals surface area (Å²) < 4.78 is 38.1. The maximum atomic E-state index is 12.7. The molecule has 1 aromatic carbocycles. The van der Waals surface area contributed by atoms with Crippen LogP contribution in [0.15, 0.2) is 18.2 Å². The third-order valence-corrected chi connectivity index (χ3v) is 3.11. The predicted octanol–water partition coefficient (Wildman–Crippen LogP) is 3.70. The number of halogens is 3. The van der Waals surface area contributed by atoms with Crippen LogP contribution in [0.2, 0.25) is 0 Å². The van der Waals surface area contributed by atoms with Crippen molar-refractivity contribution in [2.75, 3.05) is 11.9 Å². The van der Waals surface area contributed by atoms with Gasteiger partial charge in [-0.25, -0.2) is 0 Å². The Morgan fingerprint density at radius 2 is 2.12 bits per heavy atom. The van der Waals surface area contributed by atoms with Gasteiger partial charge in [0.15, 0.2) is 0 Å². The third kappa shape index (κ3) is 2.01. The molecular formula is C12H14F3N. The fraction of sp³-hybridized carbons (Fsp3) is 0.500. The summed E-state index contributed by atoms with van der Waals surface area (Å²) in [5, 5.41) is 2.92. The highest BCUT2D eigenvalue weighted by Gasteiger charge is 2.35. The molecule has 1 atom stereocenters. The SMILES string of the molecule is CCC1CNc2c(cccc2C(F)(F)F)C1. The Labute approximate surface area is 92.7 Å². The number of alkyl halides is 3. The van der Waals surface area contributed by atoms with Gasteiger partial charge in [-0.15, -0.1) is 0 Å². The lowest BCUT2D eigenvalue weighted by Gasteiger charge is -2.27. The van der Waals surface area contributed by atoms with Crippen LogP contribution in [-0.2, 0) is 12.6 Å². The molecule has 2 rings (SSSR count). The summed E-state index contributed by atoms with van der Waals surface area (Å²) in [7, 11) is 0. The molecule has 1 nitrogen and oxygen atoms in total. The van der Waals surface area contributed by atoms with Crippen molar-refractivity contribution in [3.05, 3.63) is 29.3 Å². The highest BCUT2D eigenvalue weighted by atomic mass is 19.4. The Kier molecular flexibility index (Phi) is 2.82.